The number of methoxy groups -OCH3 is 1. The van der Waals surface area contributed by atoms with Crippen LogP contribution in [-0.4, -0.2) is 57.3 Å². The van der Waals surface area contributed by atoms with E-state index in [0.29, 0.717) is 36.1 Å². The second kappa shape index (κ2) is 8.36. The molecule has 170 valence electrons. The van der Waals surface area contributed by atoms with Gasteiger partial charge in [0.1, 0.15) is 11.4 Å². The molecule has 1 aliphatic rings. The Kier molecular flexibility index (Phi) is 5.37. The molecule has 1 atom stereocenters. The number of amides is 2. The lowest BCUT2D eigenvalue weighted by molar-refractivity contribution is 0.0450. The summed E-state index contributed by atoms with van der Waals surface area (Å²) >= 11 is 1.48. The molecule has 9 nitrogen and oxygen atoms in total. The van der Waals surface area contributed by atoms with Gasteiger partial charge >= 0.3 is 0 Å². The zero-order valence-corrected chi connectivity index (χ0v) is 19.3. The highest BCUT2D eigenvalue weighted by atomic mass is 32.1. The van der Waals surface area contributed by atoms with Crippen LogP contribution in [0.25, 0.3) is 16.3 Å². The number of imidazole rings is 1. The Hall–Kier alpha value is -3.66. The quantitative estimate of drug-likeness (QED) is 0.469. The number of nitrogens with zero attached hydrogens (tertiary/aromatic N) is 4. The molecule has 3 aromatic heterocycles. The van der Waals surface area contributed by atoms with Gasteiger partial charge in [-0.25, -0.2) is 9.97 Å². The summed E-state index contributed by atoms with van der Waals surface area (Å²) in [4.78, 5) is 37.4. The Morgan fingerprint density at radius 2 is 2.03 bits per heavy atom. The van der Waals surface area contributed by atoms with Crippen LogP contribution < -0.4 is 10.1 Å². The average molecular weight is 466 g/mol. The number of aryl methyl sites for hydroxylation is 2. The zero-order valence-electron chi connectivity index (χ0n) is 18.5. The Labute approximate surface area is 194 Å². The topological polar surface area (TPSA) is 102 Å². The van der Waals surface area contributed by atoms with Crippen LogP contribution >= 0.6 is 11.3 Å². The van der Waals surface area contributed by atoms with E-state index in [1.54, 1.807) is 23.3 Å². The van der Waals surface area contributed by atoms with Gasteiger partial charge < -0.3 is 19.4 Å². The third kappa shape index (κ3) is 3.76. The highest BCUT2D eigenvalue weighted by Gasteiger charge is 2.36. The largest absolute Gasteiger partial charge is 0.497 e. The molecule has 1 N–H and O–H groups in total. The summed E-state index contributed by atoms with van der Waals surface area (Å²) in [5.41, 5.74) is 2.24. The zero-order chi connectivity index (χ0) is 23.1. The number of hydrogen-bond acceptors (Lipinski definition) is 7. The fraction of sp³-hybridized carbons (Fsp3) is 0.304. The van der Waals surface area contributed by atoms with Crippen molar-refractivity contribution in [1.82, 2.24) is 24.6 Å². The molecule has 5 rings (SSSR count). The Balaban J connectivity index is 1.30. The number of ether oxygens (including phenoxy) is 1. The molecule has 4 aromatic rings. The monoisotopic (exact) mass is 465 g/mol. The predicted molar refractivity (Wildman–Crippen MR) is 123 cm³/mol. The van der Waals surface area contributed by atoms with Crippen LogP contribution in [0.15, 0.2) is 40.3 Å². The van der Waals surface area contributed by atoms with Gasteiger partial charge in [0.25, 0.3) is 11.8 Å². The van der Waals surface area contributed by atoms with Gasteiger partial charge in [0.15, 0.2) is 22.3 Å². The van der Waals surface area contributed by atoms with Crippen LogP contribution in [0.4, 0.5) is 0 Å². The normalized spacial score (nSPS) is 15.5. The second-order valence-corrected chi connectivity index (χ2v) is 8.76. The fourth-order valence-electron chi connectivity index (χ4n) is 4.03. The van der Waals surface area contributed by atoms with E-state index >= 15 is 0 Å². The maximum Gasteiger partial charge on any atom is 0.276 e. The molecule has 0 aliphatic carbocycles. The van der Waals surface area contributed by atoms with Crippen molar-refractivity contribution in [2.24, 2.45) is 0 Å². The van der Waals surface area contributed by atoms with E-state index in [9.17, 15) is 9.59 Å². The summed E-state index contributed by atoms with van der Waals surface area (Å²) in [6.07, 6.45) is 2.64. The van der Waals surface area contributed by atoms with Crippen molar-refractivity contribution < 1.29 is 18.7 Å². The van der Waals surface area contributed by atoms with Gasteiger partial charge in [0, 0.05) is 37.2 Å². The standard InChI is InChI=1S/C23H23N5O4S/c1-13-19(28-10-11-33-23(28)25-13)21(29)24-12-16-8-9-27(16)22(30)18-20(32-14(2)26-18)15-4-6-17(31-3)7-5-15/h4-7,10-11,16H,8-9,12H2,1-3H3,(H,24,29). The first-order valence-electron chi connectivity index (χ1n) is 10.6. The van der Waals surface area contributed by atoms with Gasteiger partial charge in [0.2, 0.25) is 0 Å². The first-order chi connectivity index (χ1) is 16.0. The van der Waals surface area contributed by atoms with E-state index in [0.717, 1.165) is 22.7 Å². The Bertz CT molecular complexity index is 1340. The van der Waals surface area contributed by atoms with Crippen LogP contribution in [0.2, 0.25) is 0 Å². The van der Waals surface area contributed by atoms with Gasteiger partial charge in [-0.3, -0.25) is 14.0 Å². The molecule has 1 unspecified atom stereocenters. The van der Waals surface area contributed by atoms with Gasteiger partial charge in [-0.1, -0.05) is 0 Å². The van der Waals surface area contributed by atoms with Crippen molar-refractivity contribution in [2.75, 3.05) is 20.2 Å². The van der Waals surface area contributed by atoms with Crippen molar-refractivity contribution >= 4 is 28.1 Å². The van der Waals surface area contributed by atoms with Crippen molar-refractivity contribution in [1.29, 1.82) is 0 Å². The predicted octanol–water partition coefficient (Wildman–Crippen LogP) is 3.32. The molecule has 1 saturated heterocycles. The maximum atomic E-state index is 13.3. The third-order valence-corrected chi connectivity index (χ3v) is 6.60. The summed E-state index contributed by atoms with van der Waals surface area (Å²) in [6.45, 7) is 4.50. The number of hydrogen-bond donors (Lipinski definition) is 1. The average Bonchev–Trinajstić information content (AvgIpc) is 3.47. The number of carbonyl (C=O) groups is 2. The SMILES string of the molecule is COc1ccc(-c2oc(C)nc2C(=O)N2CCC2CNC(=O)c2c(C)nc3sccn23)cc1. The summed E-state index contributed by atoms with van der Waals surface area (Å²) < 4.78 is 12.8. The summed E-state index contributed by atoms with van der Waals surface area (Å²) in [7, 11) is 1.60. The molecule has 33 heavy (non-hydrogen) atoms. The van der Waals surface area contributed by atoms with Crippen LogP contribution in [0.3, 0.4) is 0 Å². The molecule has 2 amide bonds. The molecule has 10 heteroatoms. The number of carbonyl (C=O) groups excluding carboxylic acids is 2. The summed E-state index contributed by atoms with van der Waals surface area (Å²) in [5.74, 6) is 1.17. The van der Waals surface area contributed by atoms with E-state index in [1.807, 2.05) is 42.8 Å². The number of nitrogens with one attached hydrogen (secondary N) is 1. The van der Waals surface area contributed by atoms with Crippen molar-refractivity contribution in [3.05, 3.63) is 58.8 Å². The number of oxazole rings is 1. The minimum atomic E-state index is -0.205. The lowest BCUT2D eigenvalue weighted by Crippen LogP contribution is -2.56. The highest BCUT2D eigenvalue weighted by Crippen LogP contribution is 2.30. The molecule has 1 aliphatic heterocycles. The maximum absolute atomic E-state index is 13.3. The number of thiazole rings is 1. The molecule has 1 aromatic carbocycles. The highest BCUT2D eigenvalue weighted by molar-refractivity contribution is 7.15. The number of likely N-dealkylation sites (tertiary alicyclic amines) is 1. The molecule has 0 spiro atoms. The number of aromatic nitrogens is 3. The molecular formula is C23H23N5O4S. The minimum absolute atomic E-state index is 0.103. The first-order valence-corrected chi connectivity index (χ1v) is 11.5. The van der Waals surface area contributed by atoms with Crippen LogP contribution in [0, 0.1) is 13.8 Å². The molecule has 1 fully saturated rings. The fourth-order valence-corrected chi connectivity index (χ4v) is 4.79. The van der Waals surface area contributed by atoms with Crippen molar-refractivity contribution in [3.63, 3.8) is 0 Å². The summed E-state index contributed by atoms with van der Waals surface area (Å²) in [5, 5.41) is 4.86. The number of rotatable bonds is 6. The van der Waals surface area contributed by atoms with Gasteiger partial charge in [-0.05, 0) is 37.6 Å². The number of benzene rings is 1. The van der Waals surface area contributed by atoms with E-state index in [1.165, 1.54) is 11.3 Å². The molecule has 4 heterocycles. The third-order valence-electron chi connectivity index (χ3n) is 5.84. The molecule has 0 bridgehead atoms. The van der Waals surface area contributed by atoms with Crippen LogP contribution in [-0.2, 0) is 0 Å². The van der Waals surface area contributed by atoms with E-state index in [-0.39, 0.29) is 23.6 Å². The van der Waals surface area contributed by atoms with Crippen molar-refractivity contribution in [2.45, 2.75) is 26.3 Å². The minimum Gasteiger partial charge on any atom is -0.497 e. The van der Waals surface area contributed by atoms with Gasteiger partial charge in [0.05, 0.1) is 18.8 Å². The van der Waals surface area contributed by atoms with Gasteiger partial charge in [-0.15, -0.1) is 11.3 Å². The molecule has 0 saturated carbocycles. The molecule has 0 radical (unpaired) electrons. The number of fused-ring (bicyclic) bond motifs is 1. The van der Waals surface area contributed by atoms with E-state index < -0.39 is 0 Å². The Morgan fingerprint density at radius 3 is 2.73 bits per heavy atom. The lowest BCUT2D eigenvalue weighted by Gasteiger charge is -2.40. The second-order valence-electron chi connectivity index (χ2n) is 7.89. The summed E-state index contributed by atoms with van der Waals surface area (Å²) in [6, 6.07) is 7.19. The molecular weight excluding hydrogens is 442 g/mol. The van der Waals surface area contributed by atoms with E-state index in [2.05, 4.69) is 15.3 Å². The van der Waals surface area contributed by atoms with E-state index in [4.69, 9.17) is 9.15 Å². The Morgan fingerprint density at radius 1 is 1.24 bits per heavy atom. The van der Waals surface area contributed by atoms with Crippen LogP contribution in [0.5, 0.6) is 5.75 Å². The van der Waals surface area contributed by atoms with Crippen molar-refractivity contribution in [3.8, 4) is 17.1 Å². The smallest absolute Gasteiger partial charge is 0.276 e. The van der Waals surface area contributed by atoms with Crippen LogP contribution in [0.1, 0.15) is 39.0 Å². The first kappa shape index (κ1) is 21.2. The van der Waals surface area contributed by atoms with Gasteiger partial charge in [-0.2, -0.15) is 0 Å². The lowest BCUT2D eigenvalue weighted by atomic mass is 10.0.